The molecule has 20 heavy (non-hydrogen) atoms. The Hall–Kier alpha value is -0.410. The van der Waals surface area contributed by atoms with Gasteiger partial charge in [0.25, 0.3) is 0 Å². The van der Waals surface area contributed by atoms with Crippen LogP contribution in [0.5, 0.6) is 5.75 Å². The SMILES string of the molecule is Clc1ccc(Cl)c(Cc2cc(Cl)ccc2OCCBr)c1. The van der Waals surface area contributed by atoms with E-state index < -0.39 is 0 Å². The molecular formula is C15H12BrCl3O. The Bertz CT molecular complexity index is 602. The fraction of sp³-hybridized carbons (Fsp3) is 0.200. The van der Waals surface area contributed by atoms with Crippen molar-refractivity contribution in [3.8, 4) is 5.75 Å². The van der Waals surface area contributed by atoms with E-state index in [2.05, 4.69) is 15.9 Å². The number of benzene rings is 2. The van der Waals surface area contributed by atoms with Crippen LogP contribution >= 0.6 is 50.7 Å². The van der Waals surface area contributed by atoms with Gasteiger partial charge in [-0.05, 0) is 42.0 Å². The zero-order chi connectivity index (χ0) is 14.5. The van der Waals surface area contributed by atoms with Crippen LogP contribution in [-0.2, 0) is 6.42 Å². The van der Waals surface area contributed by atoms with Gasteiger partial charge in [0.05, 0.1) is 6.61 Å². The fourth-order valence-corrected chi connectivity index (χ4v) is 2.60. The highest BCUT2D eigenvalue weighted by atomic mass is 79.9. The fourth-order valence-electron chi connectivity index (χ4n) is 1.86. The molecule has 2 rings (SSSR count). The number of rotatable bonds is 5. The predicted molar refractivity (Wildman–Crippen MR) is 90.0 cm³/mol. The van der Waals surface area contributed by atoms with Crippen molar-refractivity contribution in [1.82, 2.24) is 0 Å². The van der Waals surface area contributed by atoms with Crippen molar-refractivity contribution in [2.45, 2.75) is 6.42 Å². The van der Waals surface area contributed by atoms with E-state index in [4.69, 9.17) is 39.5 Å². The third-order valence-electron chi connectivity index (χ3n) is 2.75. The molecule has 0 aliphatic heterocycles. The second-order valence-electron chi connectivity index (χ2n) is 4.20. The van der Waals surface area contributed by atoms with Gasteiger partial charge in [-0.15, -0.1) is 0 Å². The van der Waals surface area contributed by atoms with Crippen molar-refractivity contribution < 1.29 is 4.74 Å². The van der Waals surface area contributed by atoms with E-state index in [0.29, 0.717) is 28.1 Å². The van der Waals surface area contributed by atoms with Crippen LogP contribution in [0.25, 0.3) is 0 Å². The van der Waals surface area contributed by atoms with E-state index in [9.17, 15) is 0 Å². The zero-order valence-electron chi connectivity index (χ0n) is 10.5. The number of alkyl halides is 1. The van der Waals surface area contributed by atoms with Crippen molar-refractivity contribution in [2.75, 3.05) is 11.9 Å². The van der Waals surface area contributed by atoms with E-state index >= 15 is 0 Å². The van der Waals surface area contributed by atoms with Gasteiger partial charge in [0, 0.05) is 32.4 Å². The van der Waals surface area contributed by atoms with Crippen molar-refractivity contribution in [1.29, 1.82) is 0 Å². The molecule has 0 atom stereocenters. The molecule has 0 amide bonds. The first-order chi connectivity index (χ1) is 9.60. The summed E-state index contributed by atoms with van der Waals surface area (Å²) in [5.41, 5.74) is 1.94. The topological polar surface area (TPSA) is 9.23 Å². The normalized spacial score (nSPS) is 10.6. The number of hydrogen-bond donors (Lipinski definition) is 0. The van der Waals surface area contributed by atoms with Crippen LogP contribution in [0, 0.1) is 0 Å². The smallest absolute Gasteiger partial charge is 0.122 e. The van der Waals surface area contributed by atoms with E-state index in [-0.39, 0.29) is 0 Å². The van der Waals surface area contributed by atoms with Crippen molar-refractivity contribution in [3.05, 3.63) is 62.6 Å². The summed E-state index contributed by atoms with van der Waals surface area (Å²) in [6.07, 6.45) is 0.623. The van der Waals surface area contributed by atoms with E-state index in [1.165, 1.54) is 0 Å². The van der Waals surface area contributed by atoms with Gasteiger partial charge >= 0.3 is 0 Å². The lowest BCUT2D eigenvalue weighted by molar-refractivity contribution is 0.342. The molecule has 0 bridgehead atoms. The molecule has 0 unspecified atom stereocenters. The van der Waals surface area contributed by atoms with Crippen LogP contribution in [-0.4, -0.2) is 11.9 Å². The second kappa shape index (κ2) is 7.56. The van der Waals surface area contributed by atoms with Crippen LogP contribution in [0.4, 0.5) is 0 Å². The highest BCUT2D eigenvalue weighted by Crippen LogP contribution is 2.29. The van der Waals surface area contributed by atoms with Gasteiger partial charge in [-0.2, -0.15) is 0 Å². The third kappa shape index (κ3) is 4.29. The van der Waals surface area contributed by atoms with Crippen molar-refractivity contribution in [2.24, 2.45) is 0 Å². The number of halogens is 4. The molecule has 0 aliphatic carbocycles. The summed E-state index contributed by atoms with van der Waals surface area (Å²) >= 11 is 21.6. The van der Waals surface area contributed by atoms with Crippen LogP contribution in [0.3, 0.4) is 0 Å². The Morgan fingerprint density at radius 3 is 2.25 bits per heavy atom. The molecule has 0 radical (unpaired) electrons. The molecule has 0 aliphatic rings. The van der Waals surface area contributed by atoms with Gasteiger partial charge in [0.1, 0.15) is 5.75 Å². The van der Waals surface area contributed by atoms with Gasteiger partial charge in [-0.3, -0.25) is 0 Å². The molecule has 2 aromatic carbocycles. The van der Waals surface area contributed by atoms with E-state index in [0.717, 1.165) is 22.2 Å². The molecule has 0 saturated carbocycles. The highest BCUT2D eigenvalue weighted by Gasteiger charge is 2.09. The summed E-state index contributed by atoms with van der Waals surface area (Å²) in [6.45, 7) is 0.595. The average molecular weight is 395 g/mol. The number of hydrogen-bond acceptors (Lipinski definition) is 1. The molecular weight excluding hydrogens is 382 g/mol. The largest absolute Gasteiger partial charge is 0.492 e. The van der Waals surface area contributed by atoms with Crippen LogP contribution in [0.15, 0.2) is 36.4 Å². The maximum Gasteiger partial charge on any atom is 0.122 e. The summed E-state index contributed by atoms with van der Waals surface area (Å²) in [4.78, 5) is 0. The molecule has 0 heterocycles. The van der Waals surface area contributed by atoms with Gasteiger partial charge in [-0.1, -0.05) is 50.7 Å². The van der Waals surface area contributed by atoms with Crippen LogP contribution in [0.1, 0.15) is 11.1 Å². The summed E-state index contributed by atoms with van der Waals surface area (Å²) in [5, 5.41) is 2.78. The standard InChI is InChI=1S/C15H12BrCl3O/c16-5-6-20-15-4-2-13(18)9-11(15)7-10-8-12(17)1-3-14(10)19/h1-4,8-9H,5-7H2. The van der Waals surface area contributed by atoms with E-state index in [1.54, 1.807) is 12.1 Å². The van der Waals surface area contributed by atoms with Crippen LogP contribution < -0.4 is 4.74 Å². The monoisotopic (exact) mass is 392 g/mol. The summed E-state index contributed by atoms with van der Waals surface area (Å²) in [5.74, 6) is 0.810. The second-order valence-corrected chi connectivity index (χ2v) is 6.28. The van der Waals surface area contributed by atoms with Gasteiger partial charge in [0.2, 0.25) is 0 Å². The maximum atomic E-state index is 6.20. The van der Waals surface area contributed by atoms with E-state index in [1.807, 2.05) is 24.3 Å². The first-order valence-electron chi connectivity index (χ1n) is 6.01. The minimum absolute atomic E-state index is 0.595. The minimum Gasteiger partial charge on any atom is -0.492 e. The van der Waals surface area contributed by atoms with Gasteiger partial charge < -0.3 is 4.74 Å². The first kappa shape index (κ1) is 16.0. The molecule has 0 aromatic heterocycles. The van der Waals surface area contributed by atoms with Crippen molar-refractivity contribution >= 4 is 50.7 Å². The average Bonchev–Trinajstić information content (AvgIpc) is 2.42. The Morgan fingerprint density at radius 2 is 1.55 bits per heavy atom. The molecule has 2 aromatic rings. The van der Waals surface area contributed by atoms with Crippen molar-refractivity contribution in [3.63, 3.8) is 0 Å². The Balaban J connectivity index is 2.31. The van der Waals surface area contributed by atoms with Crippen LogP contribution in [0.2, 0.25) is 15.1 Å². The lowest BCUT2D eigenvalue weighted by Gasteiger charge is -2.12. The molecule has 0 saturated heterocycles. The Morgan fingerprint density at radius 1 is 0.900 bits per heavy atom. The molecule has 0 spiro atoms. The predicted octanol–water partition coefficient (Wildman–Crippen LogP) is 6.01. The third-order valence-corrected chi connectivity index (χ3v) is 3.91. The maximum absolute atomic E-state index is 6.20. The summed E-state index contributed by atoms with van der Waals surface area (Å²) in [6, 6.07) is 11.0. The van der Waals surface area contributed by atoms with Gasteiger partial charge in [0.15, 0.2) is 0 Å². The summed E-state index contributed by atoms with van der Waals surface area (Å²) in [7, 11) is 0. The molecule has 1 nitrogen and oxygen atoms in total. The lowest BCUT2D eigenvalue weighted by Crippen LogP contribution is -2.01. The molecule has 5 heteroatoms. The molecule has 0 N–H and O–H groups in total. The Kier molecular flexibility index (Phi) is 6.03. The number of ether oxygens (including phenoxy) is 1. The summed E-state index contributed by atoms with van der Waals surface area (Å²) < 4.78 is 5.70. The minimum atomic E-state index is 0.595. The van der Waals surface area contributed by atoms with Gasteiger partial charge in [-0.25, -0.2) is 0 Å². The zero-order valence-corrected chi connectivity index (χ0v) is 14.4. The molecule has 106 valence electrons. The lowest BCUT2D eigenvalue weighted by atomic mass is 10.0. The first-order valence-corrected chi connectivity index (χ1v) is 8.27. The highest BCUT2D eigenvalue weighted by molar-refractivity contribution is 9.09. The molecule has 0 fully saturated rings. The Labute approximate surface area is 141 Å². The quantitative estimate of drug-likeness (QED) is 0.564.